The van der Waals surface area contributed by atoms with Crippen molar-refractivity contribution in [1.29, 1.82) is 0 Å². The van der Waals surface area contributed by atoms with Gasteiger partial charge >= 0.3 is 0 Å². The van der Waals surface area contributed by atoms with Gasteiger partial charge in [0.1, 0.15) is 22.8 Å². The van der Waals surface area contributed by atoms with Gasteiger partial charge in [-0.1, -0.05) is 6.92 Å². The van der Waals surface area contributed by atoms with Crippen LogP contribution in [-0.2, 0) is 13.0 Å². The summed E-state index contributed by atoms with van der Waals surface area (Å²) in [5.74, 6) is 2.95. The molecule has 6 heteroatoms. The van der Waals surface area contributed by atoms with E-state index in [-0.39, 0.29) is 0 Å². The molecule has 1 aliphatic heterocycles. The number of hydrogen-bond acceptors (Lipinski definition) is 5. The summed E-state index contributed by atoms with van der Waals surface area (Å²) in [4.78, 5) is 18.2. The van der Waals surface area contributed by atoms with E-state index in [0.29, 0.717) is 5.92 Å². The summed E-state index contributed by atoms with van der Waals surface area (Å²) < 4.78 is 2.29. The monoisotopic (exact) mass is 327 g/mol. The first-order chi connectivity index (χ1) is 11.2. The normalized spacial score (nSPS) is 15.3. The highest BCUT2D eigenvalue weighted by atomic mass is 32.1. The maximum absolute atomic E-state index is 4.57. The highest BCUT2D eigenvalue weighted by molar-refractivity contribution is 7.18. The molecule has 0 N–H and O–H groups in total. The van der Waals surface area contributed by atoms with Gasteiger partial charge in [-0.2, -0.15) is 0 Å². The van der Waals surface area contributed by atoms with Crippen LogP contribution in [-0.4, -0.2) is 32.6 Å². The van der Waals surface area contributed by atoms with Crippen molar-refractivity contribution in [2.75, 3.05) is 18.0 Å². The van der Waals surface area contributed by atoms with Gasteiger partial charge in [0.05, 0.1) is 5.39 Å². The van der Waals surface area contributed by atoms with E-state index in [1.807, 2.05) is 6.20 Å². The van der Waals surface area contributed by atoms with E-state index in [0.717, 1.165) is 36.7 Å². The maximum Gasteiger partial charge on any atom is 0.141 e. The summed E-state index contributed by atoms with van der Waals surface area (Å²) in [5, 5.41) is 1.24. The SMILES string of the molecule is CCc1nccn1CC1CN(c2ncnc3sc(C)c(C)c23)C1. The molecule has 0 unspecified atom stereocenters. The van der Waals surface area contributed by atoms with Crippen LogP contribution in [0.1, 0.15) is 23.2 Å². The zero-order chi connectivity index (χ0) is 16.0. The van der Waals surface area contributed by atoms with Gasteiger partial charge in [-0.15, -0.1) is 11.3 Å². The predicted octanol–water partition coefficient (Wildman–Crippen LogP) is 3.20. The Bertz CT molecular complexity index is 844. The number of anilines is 1. The van der Waals surface area contributed by atoms with Crippen molar-refractivity contribution in [2.45, 2.75) is 33.7 Å². The summed E-state index contributed by atoms with van der Waals surface area (Å²) in [5.41, 5.74) is 1.33. The minimum atomic E-state index is 0.666. The number of nitrogens with zero attached hydrogens (tertiary/aromatic N) is 5. The number of aryl methyl sites for hydroxylation is 3. The molecule has 0 radical (unpaired) electrons. The first-order valence-corrected chi connectivity index (χ1v) is 8.94. The molecule has 5 nitrogen and oxygen atoms in total. The van der Waals surface area contributed by atoms with E-state index < -0.39 is 0 Å². The van der Waals surface area contributed by atoms with E-state index in [2.05, 4.69) is 51.4 Å². The molecular formula is C17H21N5S. The number of rotatable bonds is 4. The van der Waals surface area contributed by atoms with Crippen molar-refractivity contribution in [3.63, 3.8) is 0 Å². The zero-order valence-electron chi connectivity index (χ0n) is 13.8. The average Bonchev–Trinajstić information content (AvgIpc) is 3.07. The topological polar surface area (TPSA) is 46.8 Å². The summed E-state index contributed by atoms with van der Waals surface area (Å²) in [6, 6.07) is 0. The molecule has 3 aromatic heterocycles. The van der Waals surface area contributed by atoms with Gasteiger partial charge in [-0.05, 0) is 19.4 Å². The Labute approximate surface area is 140 Å². The third-order valence-electron chi connectivity index (χ3n) is 4.77. The molecule has 1 fully saturated rings. The van der Waals surface area contributed by atoms with Crippen molar-refractivity contribution in [3.05, 3.63) is 35.0 Å². The lowest BCUT2D eigenvalue weighted by Gasteiger charge is -2.40. The van der Waals surface area contributed by atoms with Crippen LogP contribution in [0.15, 0.2) is 18.7 Å². The molecule has 0 atom stereocenters. The smallest absolute Gasteiger partial charge is 0.141 e. The second-order valence-electron chi connectivity index (χ2n) is 6.28. The van der Waals surface area contributed by atoms with Gasteiger partial charge in [0.15, 0.2) is 0 Å². The zero-order valence-corrected chi connectivity index (χ0v) is 14.6. The molecule has 0 aliphatic carbocycles. The molecule has 1 saturated heterocycles. The van der Waals surface area contributed by atoms with E-state index in [9.17, 15) is 0 Å². The van der Waals surface area contributed by atoms with Crippen LogP contribution in [0, 0.1) is 19.8 Å². The Morgan fingerprint density at radius 1 is 1.22 bits per heavy atom. The van der Waals surface area contributed by atoms with Crippen molar-refractivity contribution in [2.24, 2.45) is 5.92 Å². The summed E-state index contributed by atoms with van der Waals surface area (Å²) in [6.07, 6.45) is 6.69. The first kappa shape index (κ1) is 14.6. The number of aromatic nitrogens is 4. The van der Waals surface area contributed by atoms with Crippen molar-refractivity contribution in [3.8, 4) is 0 Å². The lowest BCUT2D eigenvalue weighted by molar-refractivity contribution is 0.351. The molecule has 0 aromatic carbocycles. The molecule has 3 aromatic rings. The fourth-order valence-electron chi connectivity index (χ4n) is 3.36. The summed E-state index contributed by atoms with van der Waals surface area (Å²) in [6.45, 7) is 9.66. The molecule has 4 rings (SSSR count). The largest absolute Gasteiger partial charge is 0.355 e. The number of thiophene rings is 1. The van der Waals surface area contributed by atoms with Crippen LogP contribution in [0.2, 0.25) is 0 Å². The minimum absolute atomic E-state index is 0.666. The average molecular weight is 327 g/mol. The summed E-state index contributed by atoms with van der Waals surface area (Å²) >= 11 is 1.76. The Hall–Kier alpha value is -1.95. The predicted molar refractivity (Wildman–Crippen MR) is 94.2 cm³/mol. The Kier molecular flexibility index (Phi) is 3.56. The summed E-state index contributed by atoms with van der Waals surface area (Å²) in [7, 11) is 0. The van der Waals surface area contributed by atoms with Gasteiger partial charge in [0, 0.05) is 49.2 Å². The second kappa shape index (κ2) is 5.60. The highest BCUT2D eigenvalue weighted by Crippen LogP contribution is 2.36. The fourth-order valence-corrected chi connectivity index (χ4v) is 4.35. The number of hydrogen-bond donors (Lipinski definition) is 0. The molecule has 23 heavy (non-hydrogen) atoms. The lowest BCUT2D eigenvalue weighted by Crippen LogP contribution is -2.49. The maximum atomic E-state index is 4.57. The molecule has 0 saturated carbocycles. The van der Waals surface area contributed by atoms with Crippen LogP contribution in [0.5, 0.6) is 0 Å². The number of fused-ring (bicyclic) bond motifs is 1. The van der Waals surface area contributed by atoms with Crippen molar-refractivity contribution < 1.29 is 0 Å². The van der Waals surface area contributed by atoms with Gasteiger partial charge in [-0.25, -0.2) is 15.0 Å². The van der Waals surface area contributed by atoms with Gasteiger partial charge in [0.25, 0.3) is 0 Å². The van der Waals surface area contributed by atoms with Crippen LogP contribution in [0.4, 0.5) is 5.82 Å². The third kappa shape index (κ3) is 2.41. The van der Waals surface area contributed by atoms with Gasteiger partial charge in [-0.3, -0.25) is 0 Å². The minimum Gasteiger partial charge on any atom is -0.355 e. The Morgan fingerprint density at radius 2 is 2.04 bits per heavy atom. The molecule has 1 aliphatic rings. The first-order valence-electron chi connectivity index (χ1n) is 8.13. The Morgan fingerprint density at radius 3 is 2.83 bits per heavy atom. The van der Waals surface area contributed by atoms with Crippen molar-refractivity contribution >= 4 is 27.4 Å². The van der Waals surface area contributed by atoms with Crippen LogP contribution >= 0.6 is 11.3 Å². The fraction of sp³-hybridized carbons (Fsp3) is 0.471. The van der Waals surface area contributed by atoms with Gasteiger partial charge in [0.2, 0.25) is 0 Å². The molecule has 0 spiro atoms. The molecule has 0 bridgehead atoms. The van der Waals surface area contributed by atoms with Crippen LogP contribution < -0.4 is 4.90 Å². The van der Waals surface area contributed by atoms with E-state index in [4.69, 9.17) is 0 Å². The molecule has 4 heterocycles. The van der Waals surface area contributed by atoms with Gasteiger partial charge < -0.3 is 9.47 Å². The van der Waals surface area contributed by atoms with E-state index >= 15 is 0 Å². The van der Waals surface area contributed by atoms with Crippen molar-refractivity contribution in [1.82, 2.24) is 19.5 Å². The van der Waals surface area contributed by atoms with E-state index in [1.165, 1.54) is 21.7 Å². The Balaban J connectivity index is 1.52. The standard InChI is InChI=1S/C17H21N5S/c1-4-14-18-5-6-21(14)7-13-8-22(9-13)16-15-11(2)12(3)23-17(15)20-10-19-16/h5-6,10,13H,4,7-9H2,1-3H3. The van der Waals surface area contributed by atoms with Crippen LogP contribution in [0.3, 0.4) is 0 Å². The third-order valence-corrected chi connectivity index (χ3v) is 5.89. The molecule has 120 valence electrons. The molecule has 0 amide bonds. The van der Waals surface area contributed by atoms with Crippen LogP contribution in [0.25, 0.3) is 10.2 Å². The quantitative estimate of drug-likeness (QED) is 0.738. The second-order valence-corrected chi connectivity index (χ2v) is 7.48. The van der Waals surface area contributed by atoms with E-state index in [1.54, 1.807) is 17.7 Å². The molecular weight excluding hydrogens is 306 g/mol. The number of imidazole rings is 1. The lowest BCUT2D eigenvalue weighted by atomic mass is 9.99. The highest BCUT2D eigenvalue weighted by Gasteiger charge is 2.30.